The Balaban J connectivity index is 2.72. The highest BCUT2D eigenvalue weighted by Gasteiger charge is 2.15. The van der Waals surface area contributed by atoms with Gasteiger partial charge in [-0.05, 0) is 48.8 Å². The molecule has 0 aliphatic rings. The first-order chi connectivity index (χ1) is 8.95. The van der Waals surface area contributed by atoms with Gasteiger partial charge < -0.3 is 10.9 Å². The van der Waals surface area contributed by atoms with Gasteiger partial charge in [0.15, 0.2) is 5.84 Å². The monoisotopic (exact) mass is 322 g/mol. The molecule has 1 aromatic carbocycles. The Labute approximate surface area is 119 Å². The van der Waals surface area contributed by atoms with Crippen molar-refractivity contribution in [2.45, 2.75) is 20.8 Å². The van der Waals surface area contributed by atoms with E-state index in [1.54, 1.807) is 4.68 Å². The fourth-order valence-electron chi connectivity index (χ4n) is 1.95. The van der Waals surface area contributed by atoms with Crippen molar-refractivity contribution < 1.29 is 5.21 Å². The molecule has 0 fully saturated rings. The molecule has 0 aliphatic heterocycles. The van der Waals surface area contributed by atoms with E-state index in [0.29, 0.717) is 5.56 Å². The van der Waals surface area contributed by atoms with Gasteiger partial charge in [-0.2, -0.15) is 5.10 Å². The van der Waals surface area contributed by atoms with Crippen molar-refractivity contribution in [2.24, 2.45) is 10.9 Å². The van der Waals surface area contributed by atoms with Gasteiger partial charge in [-0.3, -0.25) is 0 Å². The molecular formula is C13H15BrN4O. The summed E-state index contributed by atoms with van der Waals surface area (Å²) in [5.41, 5.74) is 10.1. The van der Waals surface area contributed by atoms with E-state index in [1.807, 2.05) is 39.0 Å². The van der Waals surface area contributed by atoms with Crippen LogP contribution in [0.1, 0.15) is 22.5 Å². The van der Waals surface area contributed by atoms with Crippen molar-refractivity contribution in [1.29, 1.82) is 0 Å². The third-order valence-electron chi connectivity index (χ3n) is 2.97. The number of oxime groups is 1. The third-order valence-corrected chi connectivity index (χ3v) is 4.11. The molecule has 5 nitrogen and oxygen atoms in total. The Morgan fingerprint density at radius 1 is 1.37 bits per heavy atom. The first-order valence-electron chi connectivity index (χ1n) is 5.76. The van der Waals surface area contributed by atoms with Crippen molar-refractivity contribution in [2.75, 3.05) is 0 Å². The van der Waals surface area contributed by atoms with Crippen LogP contribution < -0.4 is 5.73 Å². The van der Waals surface area contributed by atoms with E-state index in [-0.39, 0.29) is 5.84 Å². The molecule has 0 atom stereocenters. The van der Waals surface area contributed by atoms with Gasteiger partial charge in [0.1, 0.15) is 0 Å². The molecule has 2 rings (SSSR count). The van der Waals surface area contributed by atoms with Crippen molar-refractivity contribution in [1.82, 2.24) is 9.78 Å². The van der Waals surface area contributed by atoms with Crippen LogP contribution in [0.2, 0.25) is 0 Å². The first-order valence-corrected chi connectivity index (χ1v) is 6.55. The van der Waals surface area contributed by atoms with Crippen molar-refractivity contribution in [3.63, 3.8) is 0 Å². The number of benzene rings is 1. The fraction of sp³-hybridized carbons (Fsp3) is 0.231. The Hall–Kier alpha value is -1.82. The SMILES string of the molecule is Cc1ccc(-n2nc(C)c(Br)c2C)c(/C(N)=N/O)c1. The number of hydrogen-bond acceptors (Lipinski definition) is 3. The molecule has 0 spiro atoms. The van der Waals surface area contributed by atoms with Crippen LogP contribution in [0.15, 0.2) is 27.8 Å². The van der Waals surface area contributed by atoms with Gasteiger partial charge in [-0.15, -0.1) is 0 Å². The predicted molar refractivity (Wildman–Crippen MR) is 78.0 cm³/mol. The zero-order valence-electron chi connectivity index (χ0n) is 11.0. The molecule has 19 heavy (non-hydrogen) atoms. The molecule has 0 bridgehead atoms. The van der Waals surface area contributed by atoms with E-state index in [1.165, 1.54) is 0 Å². The van der Waals surface area contributed by atoms with Crippen LogP contribution in [-0.2, 0) is 0 Å². The first kappa shape index (κ1) is 13.6. The second-order valence-corrected chi connectivity index (χ2v) is 5.20. The lowest BCUT2D eigenvalue weighted by Crippen LogP contribution is -2.17. The smallest absolute Gasteiger partial charge is 0.172 e. The second kappa shape index (κ2) is 5.05. The fourth-order valence-corrected chi connectivity index (χ4v) is 2.20. The van der Waals surface area contributed by atoms with Crippen molar-refractivity contribution in [3.05, 3.63) is 45.2 Å². The number of hydrogen-bond donors (Lipinski definition) is 2. The molecule has 6 heteroatoms. The average molecular weight is 323 g/mol. The molecule has 1 aromatic heterocycles. The summed E-state index contributed by atoms with van der Waals surface area (Å²) in [4.78, 5) is 0. The minimum absolute atomic E-state index is 0.0716. The summed E-state index contributed by atoms with van der Waals surface area (Å²) in [6.45, 7) is 5.83. The van der Waals surface area contributed by atoms with Gasteiger partial charge in [0.2, 0.25) is 0 Å². The van der Waals surface area contributed by atoms with Crippen molar-refractivity contribution in [3.8, 4) is 5.69 Å². The van der Waals surface area contributed by atoms with Gasteiger partial charge in [0.05, 0.1) is 21.5 Å². The van der Waals surface area contributed by atoms with Gasteiger partial charge in [0, 0.05) is 5.56 Å². The molecule has 0 saturated heterocycles. The molecule has 0 aliphatic carbocycles. The van der Waals surface area contributed by atoms with E-state index in [4.69, 9.17) is 10.9 Å². The predicted octanol–water partition coefficient (Wildman–Crippen LogP) is 2.65. The van der Waals surface area contributed by atoms with Crippen LogP contribution in [0.5, 0.6) is 0 Å². The maximum absolute atomic E-state index is 8.90. The van der Waals surface area contributed by atoms with Gasteiger partial charge in [0.25, 0.3) is 0 Å². The average Bonchev–Trinajstić information content (AvgIpc) is 2.65. The number of halogens is 1. The highest BCUT2D eigenvalue weighted by atomic mass is 79.9. The van der Waals surface area contributed by atoms with E-state index in [2.05, 4.69) is 26.2 Å². The summed E-state index contributed by atoms with van der Waals surface area (Å²) in [6, 6.07) is 5.75. The summed E-state index contributed by atoms with van der Waals surface area (Å²) in [7, 11) is 0. The number of nitrogens with zero attached hydrogens (tertiary/aromatic N) is 3. The molecule has 2 aromatic rings. The largest absolute Gasteiger partial charge is 0.409 e. The summed E-state index contributed by atoms with van der Waals surface area (Å²) < 4.78 is 2.74. The van der Waals surface area contributed by atoms with Crippen LogP contribution in [-0.4, -0.2) is 20.8 Å². The van der Waals surface area contributed by atoms with Crippen LogP contribution in [0, 0.1) is 20.8 Å². The van der Waals surface area contributed by atoms with E-state index >= 15 is 0 Å². The zero-order chi connectivity index (χ0) is 14.2. The number of aryl methyl sites for hydroxylation is 2. The van der Waals surface area contributed by atoms with Gasteiger partial charge in [-0.1, -0.05) is 16.8 Å². The number of nitrogens with two attached hydrogens (primary N) is 1. The molecule has 0 radical (unpaired) electrons. The molecular weight excluding hydrogens is 308 g/mol. The molecule has 3 N–H and O–H groups in total. The van der Waals surface area contributed by atoms with E-state index < -0.39 is 0 Å². The van der Waals surface area contributed by atoms with Crippen LogP contribution in [0.25, 0.3) is 5.69 Å². The summed E-state index contributed by atoms with van der Waals surface area (Å²) in [6.07, 6.45) is 0. The van der Waals surface area contributed by atoms with Crippen LogP contribution in [0.4, 0.5) is 0 Å². The quantitative estimate of drug-likeness (QED) is 0.386. The third kappa shape index (κ3) is 2.35. The zero-order valence-corrected chi connectivity index (χ0v) is 12.6. The van der Waals surface area contributed by atoms with Gasteiger partial charge in [-0.25, -0.2) is 4.68 Å². The lowest BCUT2D eigenvalue weighted by atomic mass is 10.1. The molecule has 0 unspecified atom stereocenters. The Morgan fingerprint density at radius 3 is 2.58 bits per heavy atom. The van der Waals surface area contributed by atoms with Gasteiger partial charge >= 0.3 is 0 Å². The number of rotatable bonds is 2. The maximum Gasteiger partial charge on any atom is 0.172 e. The highest BCUT2D eigenvalue weighted by molar-refractivity contribution is 9.10. The number of amidine groups is 1. The van der Waals surface area contributed by atoms with E-state index in [9.17, 15) is 0 Å². The Morgan fingerprint density at radius 2 is 2.05 bits per heavy atom. The minimum atomic E-state index is 0.0716. The van der Waals surface area contributed by atoms with Crippen molar-refractivity contribution >= 4 is 21.8 Å². The standard InChI is InChI=1S/C13H15BrN4O/c1-7-4-5-11(10(6-7)13(15)17-19)18-9(3)12(14)8(2)16-18/h4-6,19H,1-3H3,(H2,15,17). The Kier molecular flexibility index (Phi) is 3.61. The lowest BCUT2D eigenvalue weighted by molar-refractivity contribution is 0.318. The second-order valence-electron chi connectivity index (χ2n) is 4.40. The molecule has 0 amide bonds. The summed E-state index contributed by atoms with van der Waals surface area (Å²) >= 11 is 3.50. The summed E-state index contributed by atoms with van der Waals surface area (Å²) in [5, 5.41) is 16.5. The van der Waals surface area contributed by atoms with Crippen LogP contribution >= 0.6 is 15.9 Å². The lowest BCUT2D eigenvalue weighted by Gasteiger charge is -2.11. The van der Waals surface area contributed by atoms with Crippen LogP contribution in [0.3, 0.4) is 0 Å². The molecule has 0 saturated carbocycles. The summed E-state index contributed by atoms with van der Waals surface area (Å²) in [5.74, 6) is 0.0716. The molecule has 1 heterocycles. The van der Waals surface area contributed by atoms with E-state index in [0.717, 1.165) is 27.1 Å². The highest BCUT2D eigenvalue weighted by Crippen LogP contribution is 2.25. The maximum atomic E-state index is 8.90. The molecule has 100 valence electrons. The number of aromatic nitrogens is 2. The topological polar surface area (TPSA) is 76.4 Å². The minimum Gasteiger partial charge on any atom is -0.409 e. The normalized spacial score (nSPS) is 11.9. The Bertz CT molecular complexity index is 661.